The molecule has 28 rings (SSSR count). The first-order valence-corrected chi connectivity index (χ1v) is 47.4. The van der Waals surface area contributed by atoms with E-state index in [4.69, 9.17) is 37.9 Å². The van der Waals surface area contributed by atoms with Crippen LogP contribution in [0.4, 0.5) is 0 Å². The van der Waals surface area contributed by atoms with Crippen molar-refractivity contribution in [1.82, 2.24) is 0 Å². The third-order valence-electron chi connectivity index (χ3n) is 28.5. The van der Waals surface area contributed by atoms with Crippen LogP contribution in [-0.2, 0) is 0 Å². The maximum absolute atomic E-state index is 6.71. The SMILES string of the molecule is Cc1cccc(-c2ccc3c(c2)B2c4ccccc4Oc4ccc(-c5ccccc5C)c(c42)O3)c1.Cc1ccccc1-c1ccc2c(c1)B1c3ccccc3Oc3c(-c4ccccc4C)ccc(c31)O2.Cc1ccccc1-c1ccc2c(c1)B1c3ccccc3Oc3ccc(-c4ccccc4)c(c31)O2.Cc1ccccc1-c1ccc2c3c1Oc1ccc(-c4ccccc4)cc1B3c1ccccc1O2. The van der Waals surface area contributed by atoms with Gasteiger partial charge in [0.2, 0.25) is 0 Å². The lowest BCUT2D eigenvalue weighted by atomic mass is 9.34. The second-order valence-corrected chi connectivity index (χ2v) is 36.8. The van der Waals surface area contributed by atoms with Crippen LogP contribution < -0.4 is 103 Å². The van der Waals surface area contributed by atoms with Gasteiger partial charge in [0.05, 0.1) is 0 Å². The van der Waals surface area contributed by atoms with Crippen LogP contribution in [0.2, 0.25) is 0 Å². The topological polar surface area (TPSA) is 73.8 Å². The number of rotatable bonds is 8. The van der Waals surface area contributed by atoms with Crippen molar-refractivity contribution in [3.63, 3.8) is 0 Å². The molecule has 0 saturated carbocycles. The summed E-state index contributed by atoms with van der Waals surface area (Å²) in [6, 6.07) is 149. The smallest absolute Gasteiger partial charge is 0.260 e. The largest absolute Gasteiger partial charge is 0.458 e. The first kappa shape index (κ1) is 82.9. The number of aryl methyl sites for hydroxylation is 6. The molecule has 0 bridgehead atoms. The molecule has 138 heavy (non-hydrogen) atoms. The Labute approximate surface area is 805 Å². The molecule has 0 N–H and O–H groups in total. The molecule has 0 aromatic heterocycles. The molecule has 0 radical (unpaired) electrons. The summed E-state index contributed by atoms with van der Waals surface area (Å²) >= 11 is 0. The van der Waals surface area contributed by atoms with Gasteiger partial charge in [0.1, 0.15) is 92.0 Å². The zero-order valence-electron chi connectivity index (χ0n) is 77.0. The van der Waals surface area contributed by atoms with Gasteiger partial charge in [-0.1, -0.05) is 333 Å². The van der Waals surface area contributed by atoms with Crippen molar-refractivity contribution in [3.8, 4) is 181 Å². The van der Waals surface area contributed by atoms with E-state index in [2.05, 4.69) is 436 Å². The van der Waals surface area contributed by atoms with Crippen LogP contribution in [0.3, 0.4) is 0 Å². The summed E-state index contributed by atoms with van der Waals surface area (Å²) in [5.74, 6) is 14.3. The molecule has 8 aliphatic heterocycles. The Morgan fingerprint density at radius 1 is 0.138 bits per heavy atom. The fraction of sp³-hybridized carbons (Fsp3) is 0.0476. The second kappa shape index (κ2) is 34.2. The van der Waals surface area contributed by atoms with E-state index in [1.165, 1.54) is 138 Å². The summed E-state index contributed by atoms with van der Waals surface area (Å²) in [6.07, 6.45) is 0. The van der Waals surface area contributed by atoms with E-state index in [0.717, 1.165) is 142 Å². The normalized spacial score (nSPS) is 12.7. The summed E-state index contributed by atoms with van der Waals surface area (Å²) < 4.78 is 52.4. The summed E-state index contributed by atoms with van der Waals surface area (Å²) in [7, 11) is 0. The van der Waals surface area contributed by atoms with Crippen LogP contribution >= 0.6 is 0 Å². The highest BCUT2D eigenvalue weighted by atomic mass is 16.5. The Morgan fingerprint density at radius 3 is 0.725 bits per heavy atom. The summed E-state index contributed by atoms with van der Waals surface area (Å²) in [5.41, 5.74) is 40.1. The molecule has 20 aromatic rings. The maximum atomic E-state index is 6.71. The van der Waals surface area contributed by atoms with Gasteiger partial charge in [0.15, 0.2) is 0 Å². The van der Waals surface area contributed by atoms with Gasteiger partial charge in [-0.2, -0.15) is 0 Å². The summed E-state index contributed by atoms with van der Waals surface area (Å²) in [6.45, 7) is 13.1. The Hall–Kier alpha value is -16.9. The molecule has 0 saturated heterocycles. The minimum absolute atomic E-state index is 0.0432. The number of benzene rings is 20. The lowest BCUT2D eigenvalue weighted by Gasteiger charge is -2.34. The van der Waals surface area contributed by atoms with E-state index in [-0.39, 0.29) is 26.9 Å². The first-order chi connectivity index (χ1) is 67.9. The van der Waals surface area contributed by atoms with Crippen molar-refractivity contribution >= 4 is 92.4 Å². The van der Waals surface area contributed by atoms with Gasteiger partial charge in [0.25, 0.3) is 26.9 Å². The standard InChI is InChI=1S/2C32H23BO2.2C31H21BO2/c1-20-9-3-5-11-23(20)22-15-17-29-27(19-22)33-26-13-7-8-14-28(26)35-32-25(16-18-30(34-29)31(32)33)24-12-6-4-10-21(24)2;1-20-8-7-10-22(18-20)23-14-16-29-27(19-23)33-26-12-5-6-13-28(26)34-30-17-15-25(32(35-29)31(30)33)24-11-4-3-9-21(24)2;1-20-9-5-6-12-23(20)22-15-17-28-26(19-22)32-25-13-7-8-14-27(25)33-29-18-16-24(31(34-28)30(29)32)21-10-3-2-4-11-21;1-20-9-5-6-12-23(20)24-16-18-29-30-31(24)34-28-17-15-22(21-10-3-2-4-11-21)19-26(28)32(30)25-13-7-8-14-27(25)33-29/h2*3-19H,1-2H3;2*2-19H,1H3. The molecule has 0 fully saturated rings. The van der Waals surface area contributed by atoms with E-state index < -0.39 is 0 Å². The highest BCUT2D eigenvalue weighted by Crippen LogP contribution is 2.49. The van der Waals surface area contributed by atoms with Gasteiger partial charge in [-0.15, -0.1) is 0 Å². The molecule has 8 aliphatic rings. The number of ether oxygens (including phenoxy) is 8. The molecule has 0 amide bonds. The van der Waals surface area contributed by atoms with Crippen molar-refractivity contribution in [3.05, 3.63) is 458 Å². The number of para-hydroxylation sites is 4. The predicted octanol–water partition coefficient (Wildman–Crippen LogP) is 24.8. The van der Waals surface area contributed by atoms with Crippen molar-refractivity contribution < 1.29 is 37.9 Å². The van der Waals surface area contributed by atoms with Crippen LogP contribution in [0, 0.1) is 41.5 Å². The maximum Gasteiger partial charge on any atom is 0.260 e. The van der Waals surface area contributed by atoms with E-state index >= 15 is 0 Å². The zero-order valence-corrected chi connectivity index (χ0v) is 77.0. The van der Waals surface area contributed by atoms with E-state index in [0.29, 0.717) is 0 Å². The highest BCUT2D eigenvalue weighted by Gasteiger charge is 2.47. The van der Waals surface area contributed by atoms with Crippen LogP contribution in [0.15, 0.2) is 425 Å². The van der Waals surface area contributed by atoms with Gasteiger partial charge < -0.3 is 37.9 Å². The molecule has 20 aromatic carbocycles. The number of hydrogen-bond acceptors (Lipinski definition) is 8. The fourth-order valence-corrected chi connectivity index (χ4v) is 21.8. The molecule has 8 nitrogen and oxygen atoms in total. The monoisotopic (exact) mass is 1770 g/mol. The lowest BCUT2D eigenvalue weighted by molar-refractivity contribution is 0.465. The number of hydrogen-bond donors (Lipinski definition) is 0. The minimum Gasteiger partial charge on any atom is -0.458 e. The quantitative estimate of drug-likeness (QED) is 0.139. The predicted molar refractivity (Wildman–Crippen MR) is 568 cm³/mol. The fourth-order valence-electron chi connectivity index (χ4n) is 21.8. The van der Waals surface area contributed by atoms with E-state index in [9.17, 15) is 0 Å². The molecule has 0 atom stereocenters. The molecule has 0 aliphatic carbocycles. The van der Waals surface area contributed by atoms with Gasteiger partial charge >= 0.3 is 0 Å². The Morgan fingerprint density at radius 2 is 0.377 bits per heavy atom. The van der Waals surface area contributed by atoms with Gasteiger partial charge in [-0.3, -0.25) is 0 Å². The van der Waals surface area contributed by atoms with Gasteiger partial charge in [0, 0.05) is 44.1 Å². The average Bonchev–Trinajstić information content (AvgIpc) is 0.731. The zero-order chi connectivity index (χ0) is 92.3. The molecule has 8 heterocycles. The Balaban J connectivity index is 0.0000000975. The molecule has 652 valence electrons. The summed E-state index contributed by atoms with van der Waals surface area (Å²) in [4.78, 5) is 0. The highest BCUT2D eigenvalue weighted by molar-refractivity contribution is 7.00. The van der Waals surface area contributed by atoms with Gasteiger partial charge in [-0.05, 0) is 277 Å². The van der Waals surface area contributed by atoms with Crippen molar-refractivity contribution in [2.45, 2.75) is 41.5 Å². The third-order valence-corrected chi connectivity index (χ3v) is 28.5. The Bertz CT molecular complexity index is 8320. The van der Waals surface area contributed by atoms with E-state index in [1.54, 1.807) is 0 Å². The molecule has 0 unspecified atom stereocenters. The first-order valence-electron chi connectivity index (χ1n) is 47.4. The third kappa shape index (κ3) is 14.4. The minimum atomic E-state index is 0.0432. The van der Waals surface area contributed by atoms with Crippen molar-refractivity contribution in [2.75, 3.05) is 0 Å². The number of fused-ring (bicyclic) bond motifs is 16. The molecular formula is C126H88B4O8. The van der Waals surface area contributed by atoms with Crippen LogP contribution in [-0.4, -0.2) is 26.9 Å². The second-order valence-electron chi connectivity index (χ2n) is 36.8. The van der Waals surface area contributed by atoms with Crippen LogP contribution in [0.1, 0.15) is 33.4 Å². The average molecular weight is 1770 g/mol. The van der Waals surface area contributed by atoms with Gasteiger partial charge in [-0.25, -0.2) is 0 Å². The lowest BCUT2D eigenvalue weighted by Crippen LogP contribution is -2.57. The van der Waals surface area contributed by atoms with Crippen LogP contribution in [0.5, 0.6) is 92.0 Å². The summed E-state index contributed by atoms with van der Waals surface area (Å²) in [5, 5.41) is 0. The molecular weight excluding hydrogens is 1680 g/mol. The Kier molecular flexibility index (Phi) is 20.6. The van der Waals surface area contributed by atoms with Crippen molar-refractivity contribution in [1.29, 1.82) is 0 Å². The van der Waals surface area contributed by atoms with Crippen LogP contribution in [0.25, 0.3) is 89.0 Å². The van der Waals surface area contributed by atoms with Crippen molar-refractivity contribution in [2.24, 2.45) is 0 Å². The molecule has 12 heteroatoms. The molecule has 0 spiro atoms. The van der Waals surface area contributed by atoms with E-state index in [1.807, 2.05) is 30.3 Å².